The molecule has 6 nitrogen and oxygen atoms in total. The molecule has 0 aromatic carbocycles. The zero-order chi connectivity index (χ0) is 11.3. The number of carboxylic acids is 1. The van der Waals surface area contributed by atoms with E-state index in [1.165, 1.54) is 6.42 Å². The second kappa shape index (κ2) is 5.45. The normalized spacial score (nSPS) is 19.3. The third-order valence-corrected chi connectivity index (χ3v) is 2.45. The van der Waals surface area contributed by atoms with Crippen LogP contribution in [0.2, 0.25) is 0 Å². The molecule has 6 N–H and O–H groups in total. The minimum absolute atomic E-state index is 0.0152. The molecule has 0 spiro atoms. The molecule has 0 unspecified atom stereocenters. The molecule has 1 aliphatic rings. The second-order valence-electron chi connectivity index (χ2n) is 3.57. The number of hydrogen-bond donors (Lipinski definition) is 4. The van der Waals surface area contributed by atoms with E-state index in [1.54, 1.807) is 0 Å². The summed E-state index contributed by atoms with van der Waals surface area (Å²) in [5.74, 6) is 3.67. The third kappa shape index (κ3) is 3.32. The highest BCUT2D eigenvalue weighted by molar-refractivity contribution is 5.86. The molecule has 0 bridgehead atoms. The van der Waals surface area contributed by atoms with E-state index in [4.69, 9.17) is 21.4 Å². The van der Waals surface area contributed by atoms with E-state index in [0.29, 0.717) is 0 Å². The average Bonchev–Trinajstić information content (AvgIpc) is 2.19. The highest BCUT2D eigenvalue weighted by Gasteiger charge is 2.19. The number of rotatable bonds is 4. The lowest BCUT2D eigenvalue weighted by atomic mass is 9.98. The van der Waals surface area contributed by atoms with Crippen LogP contribution in [-0.4, -0.2) is 17.2 Å². The number of hydrazine groups is 1. The van der Waals surface area contributed by atoms with E-state index in [9.17, 15) is 4.79 Å². The summed E-state index contributed by atoms with van der Waals surface area (Å²) >= 11 is 0. The fourth-order valence-corrected chi connectivity index (χ4v) is 1.66. The maximum absolute atomic E-state index is 10.7. The smallest absolute Gasteiger partial charge is 0.358 e. The molecule has 15 heavy (non-hydrogen) atoms. The van der Waals surface area contributed by atoms with Crippen LogP contribution in [0, 0.1) is 0 Å². The molecule has 0 aromatic heterocycles. The van der Waals surface area contributed by atoms with Crippen molar-refractivity contribution in [1.82, 2.24) is 5.43 Å². The zero-order valence-electron chi connectivity index (χ0n) is 8.53. The van der Waals surface area contributed by atoms with Crippen LogP contribution >= 0.6 is 0 Å². The average molecular weight is 215 g/mol. The van der Waals surface area contributed by atoms with Crippen molar-refractivity contribution in [3.63, 3.8) is 0 Å². The van der Waals surface area contributed by atoms with Gasteiger partial charge in [0.1, 0.15) is 6.10 Å². The lowest BCUT2D eigenvalue weighted by Crippen LogP contribution is -2.32. The van der Waals surface area contributed by atoms with Crippen LogP contribution in [-0.2, 0) is 9.53 Å². The number of hydrogen-bond acceptors (Lipinski definition) is 5. The number of carboxylic acid groups (broad SMARTS) is 1. The van der Waals surface area contributed by atoms with Crippen molar-refractivity contribution in [2.24, 2.45) is 11.6 Å². The Labute approximate surface area is 88.2 Å². The van der Waals surface area contributed by atoms with Crippen LogP contribution in [0.5, 0.6) is 0 Å². The van der Waals surface area contributed by atoms with Gasteiger partial charge in [0, 0.05) is 0 Å². The van der Waals surface area contributed by atoms with E-state index in [0.717, 1.165) is 25.7 Å². The first-order chi connectivity index (χ1) is 7.15. The Bertz CT molecular complexity index is 259. The highest BCUT2D eigenvalue weighted by atomic mass is 16.5. The fraction of sp³-hybridized carbons (Fsp3) is 0.667. The van der Waals surface area contributed by atoms with Gasteiger partial charge in [0.25, 0.3) is 0 Å². The lowest BCUT2D eigenvalue weighted by Gasteiger charge is -2.23. The maximum atomic E-state index is 10.7. The van der Waals surface area contributed by atoms with Crippen LogP contribution in [0.3, 0.4) is 0 Å². The van der Waals surface area contributed by atoms with Gasteiger partial charge in [-0.2, -0.15) is 0 Å². The van der Waals surface area contributed by atoms with E-state index in [-0.39, 0.29) is 17.7 Å². The quantitative estimate of drug-likeness (QED) is 0.227. The first-order valence-electron chi connectivity index (χ1n) is 5.01. The lowest BCUT2D eigenvalue weighted by molar-refractivity contribution is -0.133. The van der Waals surface area contributed by atoms with Gasteiger partial charge in [-0.15, -0.1) is 0 Å². The van der Waals surface area contributed by atoms with Crippen molar-refractivity contribution in [1.29, 1.82) is 0 Å². The minimum Gasteiger partial charge on any atom is -0.476 e. The van der Waals surface area contributed by atoms with E-state index >= 15 is 0 Å². The fourth-order valence-electron chi connectivity index (χ4n) is 1.66. The van der Waals surface area contributed by atoms with Crippen molar-refractivity contribution < 1.29 is 14.6 Å². The maximum Gasteiger partial charge on any atom is 0.358 e. The second-order valence-corrected chi connectivity index (χ2v) is 3.57. The summed E-state index contributed by atoms with van der Waals surface area (Å²) in [5.41, 5.74) is 7.22. The first kappa shape index (κ1) is 11.6. The van der Waals surface area contributed by atoms with Crippen LogP contribution in [0.15, 0.2) is 11.6 Å². The summed E-state index contributed by atoms with van der Waals surface area (Å²) in [5, 5.41) is 8.71. The van der Waals surface area contributed by atoms with Gasteiger partial charge in [0.2, 0.25) is 5.88 Å². The summed E-state index contributed by atoms with van der Waals surface area (Å²) in [7, 11) is 0. The number of aliphatic carboxylic acids is 1. The molecule has 0 radical (unpaired) electrons. The van der Waals surface area contributed by atoms with E-state index in [1.807, 2.05) is 5.43 Å². The molecule has 0 amide bonds. The topological polar surface area (TPSA) is 111 Å². The molecule has 0 heterocycles. The molecule has 0 aliphatic heterocycles. The Morgan fingerprint density at radius 3 is 2.40 bits per heavy atom. The molecule has 1 aliphatic carbocycles. The molecule has 1 rings (SSSR count). The Morgan fingerprint density at radius 2 is 1.93 bits per heavy atom. The van der Waals surface area contributed by atoms with Gasteiger partial charge < -0.3 is 21.0 Å². The van der Waals surface area contributed by atoms with Crippen LogP contribution in [0.1, 0.15) is 32.1 Å². The predicted octanol–water partition coefficient (Wildman–Crippen LogP) is 0.0114. The van der Waals surface area contributed by atoms with Crippen molar-refractivity contribution in [3.05, 3.63) is 11.6 Å². The SMILES string of the molecule is NN/C(C(=O)O)=C(\N)OC1CCCCC1. The van der Waals surface area contributed by atoms with Gasteiger partial charge in [-0.3, -0.25) is 5.84 Å². The molecular weight excluding hydrogens is 198 g/mol. The van der Waals surface area contributed by atoms with Crippen LogP contribution < -0.4 is 17.0 Å². The summed E-state index contributed by atoms with van der Waals surface area (Å²) in [6, 6.07) is 0. The minimum atomic E-state index is -1.22. The van der Waals surface area contributed by atoms with Gasteiger partial charge >= 0.3 is 5.97 Å². The number of nitrogens with one attached hydrogen (secondary N) is 1. The Balaban J connectivity index is 2.57. The third-order valence-electron chi connectivity index (χ3n) is 2.45. The van der Waals surface area contributed by atoms with Crippen LogP contribution in [0.25, 0.3) is 0 Å². The summed E-state index contributed by atoms with van der Waals surface area (Å²) in [4.78, 5) is 10.7. The van der Waals surface area contributed by atoms with Crippen molar-refractivity contribution >= 4 is 5.97 Å². The molecular formula is C9H17N3O3. The van der Waals surface area contributed by atoms with Crippen molar-refractivity contribution in [2.75, 3.05) is 0 Å². The standard InChI is InChI=1S/C9H17N3O3/c10-8(7(12-11)9(13)14)15-6-4-2-1-3-5-6/h6,12H,1-5,10-11H2,(H,13,14)/b8-7+. The summed E-state index contributed by atoms with van der Waals surface area (Å²) in [6.45, 7) is 0. The van der Waals surface area contributed by atoms with Crippen molar-refractivity contribution in [2.45, 2.75) is 38.2 Å². The predicted molar refractivity (Wildman–Crippen MR) is 54.1 cm³/mol. The van der Waals surface area contributed by atoms with Gasteiger partial charge in [-0.1, -0.05) is 6.42 Å². The largest absolute Gasteiger partial charge is 0.476 e. The van der Waals surface area contributed by atoms with Gasteiger partial charge in [-0.25, -0.2) is 4.79 Å². The molecule has 86 valence electrons. The molecule has 0 aromatic rings. The monoisotopic (exact) mass is 215 g/mol. The number of nitrogens with two attached hydrogens (primary N) is 2. The Morgan fingerprint density at radius 1 is 1.33 bits per heavy atom. The number of carbonyl (C=O) groups is 1. The van der Waals surface area contributed by atoms with Gasteiger partial charge in [0.05, 0.1) is 0 Å². The van der Waals surface area contributed by atoms with Gasteiger partial charge in [-0.05, 0) is 25.7 Å². The summed E-state index contributed by atoms with van der Waals surface area (Å²) in [6.07, 6.45) is 5.23. The molecule has 6 heteroatoms. The Kier molecular flexibility index (Phi) is 4.23. The first-order valence-corrected chi connectivity index (χ1v) is 5.01. The highest BCUT2D eigenvalue weighted by Crippen LogP contribution is 2.21. The summed E-state index contributed by atoms with van der Waals surface area (Å²) < 4.78 is 5.34. The molecule has 0 atom stereocenters. The zero-order valence-corrected chi connectivity index (χ0v) is 8.53. The molecule has 1 saturated carbocycles. The van der Waals surface area contributed by atoms with Crippen LogP contribution in [0.4, 0.5) is 0 Å². The van der Waals surface area contributed by atoms with Crippen molar-refractivity contribution in [3.8, 4) is 0 Å². The molecule has 0 saturated heterocycles. The number of ether oxygens (including phenoxy) is 1. The Hall–Kier alpha value is -1.43. The molecule has 1 fully saturated rings. The van der Waals surface area contributed by atoms with E-state index < -0.39 is 5.97 Å². The van der Waals surface area contributed by atoms with Gasteiger partial charge in [0.15, 0.2) is 5.70 Å². The van der Waals surface area contributed by atoms with E-state index in [2.05, 4.69) is 0 Å².